The van der Waals surface area contributed by atoms with Crippen molar-refractivity contribution in [2.75, 3.05) is 39.8 Å². The van der Waals surface area contributed by atoms with Crippen LogP contribution in [0.4, 0.5) is 0 Å². The molecule has 1 aromatic carbocycles. The first kappa shape index (κ1) is 25.8. The molecule has 38 heavy (non-hydrogen) atoms. The molecule has 0 bridgehead atoms. The zero-order chi connectivity index (χ0) is 25.4. The minimum atomic E-state index is 0. The van der Waals surface area contributed by atoms with Gasteiger partial charge in [0.2, 0.25) is 5.91 Å². The molecule has 10 nitrogen and oxygen atoms in total. The van der Waals surface area contributed by atoms with Crippen LogP contribution in [0, 0.1) is 6.92 Å². The number of carbonyl (C=O) groups excluding carboxylic acids is 1. The maximum atomic E-state index is 12.0. The summed E-state index contributed by atoms with van der Waals surface area (Å²) in [6.45, 7) is 5.23. The number of hydrogen-bond donors (Lipinski definition) is 1. The van der Waals surface area contributed by atoms with Crippen molar-refractivity contribution in [3.8, 4) is 38.3 Å². The van der Waals surface area contributed by atoms with Gasteiger partial charge in [0.25, 0.3) is 0 Å². The number of fused-ring (bicyclic) bond motifs is 1. The minimum Gasteiger partial charge on any atom is -0.492 e. The molecule has 1 aliphatic heterocycles. The number of aromatic amines is 1. The molecule has 0 radical (unpaired) electrons. The summed E-state index contributed by atoms with van der Waals surface area (Å²) in [7, 11) is 1.84. The molecule has 12 heteroatoms. The number of aromatic nitrogens is 6. The van der Waals surface area contributed by atoms with Crippen LogP contribution < -0.4 is 4.74 Å². The summed E-state index contributed by atoms with van der Waals surface area (Å²) >= 11 is 1.55. The van der Waals surface area contributed by atoms with Crippen LogP contribution >= 0.6 is 23.7 Å². The highest BCUT2D eigenvalue weighted by molar-refractivity contribution is 7.19. The van der Waals surface area contributed by atoms with E-state index in [4.69, 9.17) is 14.8 Å². The number of aryl methyl sites for hydroxylation is 1. The van der Waals surface area contributed by atoms with Gasteiger partial charge in [0.1, 0.15) is 28.6 Å². The first-order valence-corrected chi connectivity index (χ1v) is 12.9. The van der Waals surface area contributed by atoms with Crippen LogP contribution in [0.25, 0.3) is 38.0 Å². The zero-order valence-electron chi connectivity index (χ0n) is 21.0. The molecule has 1 saturated heterocycles. The maximum Gasteiger partial charge on any atom is 0.236 e. The van der Waals surface area contributed by atoms with Crippen LogP contribution in [-0.2, 0) is 4.79 Å². The quantitative estimate of drug-likeness (QED) is 0.329. The van der Waals surface area contributed by atoms with E-state index in [9.17, 15) is 4.79 Å². The Labute approximate surface area is 229 Å². The van der Waals surface area contributed by atoms with E-state index in [1.165, 1.54) is 0 Å². The van der Waals surface area contributed by atoms with Crippen molar-refractivity contribution in [1.82, 2.24) is 39.6 Å². The Bertz CT molecular complexity index is 1550. The van der Waals surface area contributed by atoms with Crippen LogP contribution in [0.2, 0.25) is 0 Å². The highest BCUT2D eigenvalue weighted by Gasteiger charge is 2.23. The number of amides is 1. The standard InChI is InChI=1S/C26H26N8O2S.ClH/c1-17-22(26-29-23(18-6-4-3-5-7-18)24(37-26)25-27-16-28-30-25)20-14-19(8-9-34(20)31-17)36-13-12-33-11-10-32(2)21(35)15-33;/h3-9,14,16H,10-13,15H2,1-2H3,(H,27,28,30);1H. The van der Waals surface area contributed by atoms with Crippen LogP contribution in [0.1, 0.15) is 5.69 Å². The molecule has 5 aromatic rings. The van der Waals surface area contributed by atoms with E-state index in [0.717, 1.165) is 56.8 Å². The van der Waals surface area contributed by atoms with Crippen molar-refractivity contribution in [3.05, 3.63) is 60.7 Å². The number of nitrogens with zero attached hydrogens (tertiary/aromatic N) is 7. The third-order valence-electron chi connectivity index (χ3n) is 6.50. The Morgan fingerprint density at radius 1 is 1.16 bits per heavy atom. The van der Waals surface area contributed by atoms with Crippen molar-refractivity contribution in [2.45, 2.75) is 6.92 Å². The van der Waals surface area contributed by atoms with E-state index in [0.29, 0.717) is 25.5 Å². The molecule has 0 aliphatic carbocycles. The van der Waals surface area contributed by atoms with Gasteiger partial charge in [-0.3, -0.25) is 14.8 Å². The Hall–Kier alpha value is -3.80. The number of benzene rings is 1. The fraction of sp³-hybridized carbons (Fsp3) is 0.269. The lowest BCUT2D eigenvalue weighted by Crippen LogP contribution is -2.49. The Morgan fingerprint density at radius 3 is 2.76 bits per heavy atom. The van der Waals surface area contributed by atoms with E-state index < -0.39 is 0 Å². The molecule has 1 fully saturated rings. The lowest BCUT2D eigenvalue weighted by Gasteiger charge is -2.31. The Kier molecular flexibility index (Phi) is 7.41. The van der Waals surface area contributed by atoms with E-state index in [1.54, 1.807) is 22.6 Å². The van der Waals surface area contributed by atoms with Gasteiger partial charge in [-0.2, -0.15) is 10.2 Å². The summed E-state index contributed by atoms with van der Waals surface area (Å²) < 4.78 is 7.94. The molecular formula is C26H27ClN8O2S. The van der Waals surface area contributed by atoms with Gasteiger partial charge in [0.15, 0.2) is 5.82 Å². The number of ether oxygens (including phenoxy) is 1. The predicted molar refractivity (Wildman–Crippen MR) is 149 cm³/mol. The molecule has 0 saturated carbocycles. The largest absolute Gasteiger partial charge is 0.492 e. The van der Waals surface area contributed by atoms with Crippen molar-refractivity contribution in [2.24, 2.45) is 0 Å². The first-order valence-electron chi connectivity index (χ1n) is 12.1. The molecule has 6 rings (SSSR count). The van der Waals surface area contributed by atoms with Crippen molar-refractivity contribution >= 4 is 35.2 Å². The number of hydrogen-bond acceptors (Lipinski definition) is 8. The third-order valence-corrected chi connectivity index (χ3v) is 7.57. The highest BCUT2D eigenvalue weighted by Crippen LogP contribution is 2.41. The Morgan fingerprint density at radius 2 is 2.00 bits per heavy atom. The van der Waals surface area contributed by atoms with Crippen molar-refractivity contribution in [1.29, 1.82) is 0 Å². The highest BCUT2D eigenvalue weighted by atomic mass is 35.5. The fourth-order valence-electron chi connectivity index (χ4n) is 4.48. The number of pyridine rings is 1. The minimum absolute atomic E-state index is 0. The molecule has 4 aromatic heterocycles. The number of rotatable bonds is 7. The summed E-state index contributed by atoms with van der Waals surface area (Å²) in [4.78, 5) is 26.2. The van der Waals surface area contributed by atoms with E-state index >= 15 is 0 Å². The summed E-state index contributed by atoms with van der Waals surface area (Å²) in [6, 6.07) is 14.0. The summed E-state index contributed by atoms with van der Waals surface area (Å²) in [5.41, 5.74) is 4.60. The molecule has 0 atom stereocenters. The van der Waals surface area contributed by atoms with Gasteiger partial charge in [-0.25, -0.2) is 14.5 Å². The van der Waals surface area contributed by atoms with Crippen LogP contribution in [-0.4, -0.2) is 85.3 Å². The molecule has 0 unspecified atom stereocenters. The number of carbonyl (C=O) groups is 1. The van der Waals surface area contributed by atoms with Gasteiger partial charge in [-0.05, 0) is 13.0 Å². The summed E-state index contributed by atoms with van der Waals surface area (Å²) in [5, 5.41) is 12.7. The summed E-state index contributed by atoms with van der Waals surface area (Å²) in [6.07, 6.45) is 3.48. The average Bonchev–Trinajstić information content (AvgIpc) is 3.65. The average molecular weight is 551 g/mol. The monoisotopic (exact) mass is 550 g/mol. The Balaban J connectivity index is 0.00000294. The van der Waals surface area contributed by atoms with Crippen LogP contribution in [0.15, 0.2) is 55.0 Å². The van der Waals surface area contributed by atoms with Crippen LogP contribution in [0.3, 0.4) is 0 Å². The van der Waals surface area contributed by atoms with Crippen LogP contribution in [0.5, 0.6) is 5.75 Å². The number of piperazine rings is 1. The number of likely N-dealkylation sites (N-methyl/N-ethyl adjacent to an activating group) is 1. The molecule has 1 aliphatic rings. The number of nitrogens with one attached hydrogen (secondary N) is 1. The molecule has 0 spiro atoms. The second-order valence-electron chi connectivity index (χ2n) is 8.98. The second-order valence-corrected chi connectivity index (χ2v) is 9.98. The molecule has 5 heterocycles. The zero-order valence-corrected chi connectivity index (χ0v) is 22.6. The van der Waals surface area contributed by atoms with E-state index in [-0.39, 0.29) is 18.3 Å². The third kappa shape index (κ3) is 5.00. The number of H-pyrrole nitrogens is 1. The molecular weight excluding hydrogens is 524 g/mol. The topological polar surface area (TPSA) is 105 Å². The SMILES string of the molecule is Cc1nn2ccc(OCCN3CCN(C)C(=O)C3)cc2c1-c1nc(-c2ccccc2)c(-c2nc[nH]n2)s1.Cl. The van der Waals surface area contributed by atoms with Crippen molar-refractivity contribution in [3.63, 3.8) is 0 Å². The van der Waals surface area contributed by atoms with Gasteiger partial charge in [-0.15, -0.1) is 23.7 Å². The predicted octanol–water partition coefficient (Wildman–Crippen LogP) is 3.79. The van der Waals surface area contributed by atoms with Gasteiger partial charge in [0.05, 0.1) is 29.0 Å². The fourth-order valence-corrected chi connectivity index (χ4v) is 5.61. The normalized spacial score (nSPS) is 14.2. The van der Waals surface area contributed by atoms with E-state index in [2.05, 4.69) is 20.1 Å². The van der Waals surface area contributed by atoms with Gasteiger partial charge in [0, 0.05) is 44.5 Å². The van der Waals surface area contributed by atoms with Gasteiger partial charge >= 0.3 is 0 Å². The maximum absolute atomic E-state index is 12.0. The summed E-state index contributed by atoms with van der Waals surface area (Å²) in [5.74, 6) is 1.51. The molecule has 196 valence electrons. The number of thiazole rings is 1. The van der Waals surface area contributed by atoms with E-state index in [1.807, 2.05) is 67.1 Å². The van der Waals surface area contributed by atoms with Gasteiger partial charge < -0.3 is 9.64 Å². The van der Waals surface area contributed by atoms with Gasteiger partial charge in [-0.1, -0.05) is 30.3 Å². The van der Waals surface area contributed by atoms with Crippen molar-refractivity contribution < 1.29 is 9.53 Å². The number of halogens is 1. The molecule has 1 amide bonds. The smallest absolute Gasteiger partial charge is 0.236 e. The molecule has 1 N–H and O–H groups in total. The lowest BCUT2D eigenvalue weighted by molar-refractivity contribution is -0.134. The second kappa shape index (κ2) is 10.9. The lowest BCUT2D eigenvalue weighted by atomic mass is 10.1. The first-order chi connectivity index (χ1) is 18.1.